The van der Waals surface area contributed by atoms with Crippen LogP contribution in [-0.4, -0.2) is 9.55 Å². The molecule has 5 heteroatoms. The molecule has 2 aromatic heterocycles. The Morgan fingerprint density at radius 1 is 1.29 bits per heavy atom. The van der Waals surface area contributed by atoms with Crippen LogP contribution in [0.15, 0.2) is 29.1 Å². The molecule has 0 atom stereocenters. The van der Waals surface area contributed by atoms with Gasteiger partial charge in [-0.3, -0.25) is 9.36 Å². The number of aryl methyl sites for hydroxylation is 3. The molecule has 3 rings (SSSR count). The summed E-state index contributed by atoms with van der Waals surface area (Å²) in [5, 5.41) is 1.42. The summed E-state index contributed by atoms with van der Waals surface area (Å²) >= 11 is 7.59. The first-order valence-corrected chi connectivity index (χ1v) is 7.88. The van der Waals surface area contributed by atoms with Crippen LogP contribution >= 0.6 is 22.9 Å². The number of aromatic nitrogens is 2. The number of hydrogen-bond donors (Lipinski definition) is 0. The standard InChI is InChI=1S/C16H15ClN2OS/c1-9-10(2)21-15-14(9)16(20)19(11(3)18-15)8-12-5-4-6-13(17)7-12/h4-7H,8H2,1-3H3. The van der Waals surface area contributed by atoms with Gasteiger partial charge in [0, 0.05) is 9.90 Å². The van der Waals surface area contributed by atoms with Gasteiger partial charge in [0.1, 0.15) is 10.7 Å². The summed E-state index contributed by atoms with van der Waals surface area (Å²) in [5.41, 5.74) is 2.06. The lowest BCUT2D eigenvalue weighted by atomic mass is 10.2. The molecule has 0 N–H and O–H groups in total. The van der Waals surface area contributed by atoms with E-state index in [0.717, 1.165) is 32.0 Å². The summed E-state index contributed by atoms with van der Waals surface area (Å²) < 4.78 is 1.72. The van der Waals surface area contributed by atoms with Crippen molar-refractivity contribution < 1.29 is 0 Å². The highest BCUT2D eigenvalue weighted by atomic mass is 35.5. The first-order chi connectivity index (χ1) is 9.97. The highest BCUT2D eigenvalue weighted by Crippen LogP contribution is 2.26. The van der Waals surface area contributed by atoms with Gasteiger partial charge in [0.05, 0.1) is 11.9 Å². The van der Waals surface area contributed by atoms with E-state index in [-0.39, 0.29) is 5.56 Å². The quantitative estimate of drug-likeness (QED) is 0.713. The van der Waals surface area contributed by atoms with Crippen molar-refractivity contribution in [3.05, 3.63) is 61.5 Å². The molecule has 0 bridgehead atoms. The zero-order chi connectivity index (χ0) is 15.1. The van der Waals surface area contributed by atoms with Crippen LogP contribution in [0.2, 0.25) is 5.02 Å². The Hall–Kier alpha value is -1.65. The first-order valence-electron chi connectivity index (χ1n) is 6.69. The molecule has 3 nitrogen and oxygen atoms in total. The van der Waals surface area contributed by atoms with Crippen LogP contribution in [0.3, 0.4) is 0 Å². The van der Waals surface area contributed by atoms with E-state index in [0.29, 0.717) is 11.6 Å². The van der Waals surface area contributed by atoms with Gasteiger partial charge >= 0.3 is 0 Å². The Bertz CT molecular complexity index is 895. The SMILES string of the molecule is Cc1sc2nc(C)n(Cc3cccc(Cl)c3)c(=O)c2c1C. The summed E-state index contributed by atoms with van der Waals surface area (Å²) in [7, 11) is 0. The fraction of sp³-hybridized carbons (Fsp3) is 0.250. The second-order valence-electron chi connectivity index (χ2n) is 5.14. The maximum absolute atomic E-state index is 12.8. The Balaban J connectivity index is 2.19. The van der Waals surface area contributed by atoms with Gasteiger partial charge in [-0.05, 0) is 44.0 Å². The lowest BCUT2D eigenvalue weighted by molar-refractivity contribution is 0.713. The average Bonchev–Trinajstić information content (AvgIpc) is 2.70. The molecule has 0 aliphatic rings. The van der Waals surface area contributed by atoms with Gasteiger partial charge < -0.3 is 0 Å². The Morgan fingerprint density at radius 2 is 2.05 bits per heavy atom. The average molecular weight is 319 g/mol. The smallest absolute Gasteiger partial charge is 0.262 e. The van der Waals surface area contributed by atoms with Gasteiger partial charge in [-0.1, -0.05) is 23.7 Å². The molecule has 21 heavy (non-hydrogen) atoms. The number of hydrogen-bond acceptors (Lipinski definition) is 3. The molecule has 0 unspecified atom stereocenters. The van der Waals surface area contributed by atoms with E-state index in [4.69, 9.17) is 11.6 Å². The van der Waals surface area contributed by atoms with Crippen molar-refractivity contribution in [3.8, 4) is 0 Å². The predicted octanol–water partition coefficient (Wildman–Crippen LogP) is 4.08. The summed E-state index contributed by atoms with van der Waals surface area (Å²) in [4.78, 5) is 19.3. The van der Waals surface area contributed by atoms with Crippen LogP contribution in [0.25, 0.3) is 10.2 Å². The van der Waals surface area contributed by atoms with Crippen molar-refractivity contribution in [2.24, 2.45) is 0 Å². The van der Waals surface area contributed by atoms with Crippen LogP contribution in [-0.2, 0) is 6.54 Å². The number of nitrogens with zero attached hydrogens (tertiary/aromatic N) is 2. The van der Waals surface area contributed by atoms with Crippen LogP contribution in [0.5, 0.6) is 0 Å². The van der Waals surface area contributed by atoms with Crippen molar-refractivity contribution in [1.29, 1.82) is 0 Å². The Labute approximate surface area is 131 Å². The molecule has 0 fully saturated rings. The van der Waals surface area contributed by atoms with Crippen molar-refractivity contribution in [3.63, 3.8) is 0 Å². The maximum Gasteiger partial charge on any atom is 0.262 e. The number of halogens is 1. The highest BCUT2D eigenvalue weighted by Gasteiger charge is 2.14. The largest absolute Gasteiger partial charge is 0.292 e. The number of fused-ring (bicyclic) bond motifs is 1. The Morgan fingerprint density at radius 3 is 2.76 bits per heavy atom. The third-order valence-electron chi connectivity index (χ3n) is 3.71. The van der Waals surface area contributed by atoms with Crippen LogP contribution < -0.4 is 5.56 Å². The topological polar surface area (TPSA) is 34.9 Å². The van der Waals surface area contributed by atoms with Crippen molar-refractivity contribution >= 4 is 33.2 Å². The molecule has 0 saturated carbocycles. The van der Waals surface area contributed by atoms with E-state index in [1.807, 2.05) is 45.0 Å². The third kappa shape index (κ3) is 2.49. The van der Waals surface area contributed by atoms with E-state index in [9.17, 15) is 4.79 Å². The first kappa shape index (κ1) is 14.3. The van der Waals surface area contributed by atoms with Crippen LogP contribution in [0, 0.1) is 20.8 Å². The molecule has 0 spiro atoms. The molecule has 1 aromatic carbocycles. The van der Waals surface area contributed by atoms with Crippen molar-refractivity contribution in [2.75, 3.05) is 0 Å². The fourth-order valence-electron chi connectivity index (χ4n) is 2.43. The molecule has 108 valence electrons. The molecular formula is C16H15ClN2OS. The summed E-state index contributed by atoms with van der Waals surface area (Å²) in [6, 6.07) is 7.57. The predicted molar refractivity (Wildman–Crippen MR) is 88.6 cm³/mol. The zero-order valence-corrected chi connectivity index (χ0v) is 13.7. The van der Waals surface area contributed by atoms with Gasteiger partial charge in [0.25, 0.3) is 5.56 Å². The minimum Gasteiger partial charge on any atom is -0.292 e. The molecule has 3 aromatic rings. The van der Waals surface area contributed by atoms with E-state index in [2.05, 4.69) is 4.98 Å². The normalized spacial score (nSPS) is 11.2. The van der Waals surface area contributed by atoms with Gasteiger partial charge in [-0.25, -0.2) is 4.98 Å². The summed E-state index contributed by atoms with van der Waals surface area (Å²) in [6.45, 7) is 6.37. The van der Waals surface area contributed by atoms with Gasteiger partial charge in [-0.2, -0.15) is 0 Å². The maximum atomic E-state index is 12.8. The summed E-state index contributed by atoms with van der Waals surface area (Å²) in [6.07, 6.45) is 0. The van der Waals surface area contributed by atoms with Crippen molar-refractivity contribution in [2.45, 2.75) is 27.3 Å². The van der Waals surface area contributed by atoms with Crippen molar-refractivity contribution in [1.82, 2.24) is 9.55 Å². The highest BCUT2D eigenvalue weighted by molar-refractivity contribution is 7.18. The monoisotopic (exact) mass is 318 g/mol. The lowest BCUT2D eigenvalue weighted by Crippen LogP contribution is -2.24. The fourth-order valence-corrected chi connectivity index (χ4v) is 3.71. The van der Waals surface area contributed by atoms with Gasteiger partial charge in [0.15, 0.2) is 0 Å². The number of thiophene rings is 1. The zero-order valence-electron chi connectivity index (χ0n) is 12.1. The van der Waals surface area contributed by atoms with Gasteiger partial charge in [-0.15, -0.1) is 11.3 Å². The Kier molecular flexibility index (Phi) is 3.59. The molecule has 0 amide bonds. The molecule has 0 aliphatic carbocycles. The second kappa shape index (κ2) is 5.28. The minimum absolute atomic E-state index is 0.0272. The van der Waals surface area contributed by atoms with E-state index >= 15 is 0 Å². The molecule has 0 radical (unpaired) electrons. The third-order valence-corrected chi connectivity index (χ3v) is 5.05. The van der Waals surface area contributed by atoms with Crippen LogP contribution in [0.4, 0.5) is 0 Å². The van der Waals surface area contributed by atoms with E-state index in [1.165, 1.54) is 0 Å². The van der Waals surface area contributed by atoms with E-state index < -0.39 is 0 Å². The molecule has 2 heterocycles. The summed E-state index contributed by atoms with van der Waals surface area (Å²) in [5.74, 6) is 0.730. The second-order valence-corrected chi connectivity index (χ2v) is 6.78. The van der Waals surface area contributed by atoms with E-state index in [1.54, 1.807) is 15.9 Å². The molecule has 0 saturated heterocycles. The number of rotatable bonds is 2. The molecular weight excluding hydrogens is 304 g/mol. The minimum atomic E-state index is 0.0272. The lowest BCUT2D eigenvalue weighted by Gasteiger charge is -2.10. The molecule has 0 aliphatic heterocycles. The van der Waals surface area contributed by atoms with Crippen LogP contribution in [0.1, 0.15) is 21.8 Å². The number of benzene rings is 1. The van der Waals surface area contributed by atoms with Gasteiger partial charge in [0.2, 0.25) is 0 Å².